The summed E-state index contributed by atoms with van der Waals surface area (Å²) < 4.78 is 5.34. The van der Waals surface area contributed by atoms with Crippen molar-refractivity contribution in [2.24, 2.45) is 10.9 Å². The van der Waals surface area contributed by atoms with Crippen LogP contribution >= 0.6 is 35.3 Å². The van der Waals surface area contributed by atoms with E-state index >= 15 is 0 Å². The molecule has 0 amide bonds. The van der Waals surface area contributed by atoms with E-state index in [1.165, 1.54) is 32.5 Å². The minimum Gasteiger partial charge on any atom is -0.375 e. The summed E-state index contributed by atoms with van der Waals surface area (Å²) >= 11 is 1.65. The van der Waals surface area contributed by atoms with Crippen LogP contribution in [0.25, 0.3) is 0 Å². The van der Waals surface area contributed by atoms with E-state index in [1.54, 1.807) is 18.4 Å². The van der Waals surface area contributed by atoms with Gasteiger partial charge in [0.25, 0.3) is 0 Å². The van der Waals surface area contributed by atoms with Crippen LogP contribution in [0.5, 0.6) is 0 Å². The van der Waals surface area contributed by atoms with Crippen LogP contribution in [0.4, 0.5) is 0 Å². The van der Waals surface area contributed by atoms with Gasteiger partial charge in [-0.3, -0.25) is 4.99 Å². The minimum absolute atomic E-state index is 0. The molecular formula is C18H34IN5OS. The van der Waals surface area contributed by atoms with Crippen molar-refractivity contribution >= 4 is 41.3 Å². The first kappa shape index (κ1) is 23.6. The van der Waals surface area contributed by atoms with Gasteiger partial charge in [-0.25, -0.2) is 4.98 Å². The molecule has 1 aliphatic heterocycles. The first-order valence-corrected chi connectivity index (χ1v) is 10.1. The molecule has 2 heterocycles. The molecule has 0 saturated carbocycles. The lowest BCUT2D eigenvalue weighted by atomic mass is 10.1. The van der Waals surface area contributed by atoms with Crippen molar-refractivity contribution in [1.29, 1.82) is 0 Å². The second-order valence-electron chi connectivity index (χ2n) is 6.79. The zero-order valence-corrected chi connectivity index (χ0v) is 19.8. The van der Waals surface area contributed by atoms with Crippen LogP contribution < -0.4 is 5.32 Å². The monoisotopic (exact) mass is 495 g/mol. The van der Waals surface area contributed by atoms with Crippen molar-refractivity contribution in [2.45, 2.75) is 39.3 Å². The van der Waals surface area contributed by atoms with Gasteiger partial charge in [0.15, 0.2) is 5.96 Å². The van der Waals surface area contributed by atoms with E-state index in [2.05, 4.69) is 44.4 Å². The number of aromatic nitrogens is 1. The number of nitrogens with zero attached hydrogens (tertiary/aromatic N) is 4. The van der Waals surface area contributed by atoms with Crippen LogP contribution in [0.2, 0.25) is 0 Å². The zero-order chi connectivity index (χ0) is 18.2. The first-order valence-electron chi connectivity index (χ1n) is 9.18. The smallest absolute Gasteiger partial charge is 0.193 e. The number of guanidine groups is 1. The Morgan fingerprint density at radius 1 is 1.58 bits per heavy atom. The number of halogens is 1. The van der Waals surface area contributed by atoms with Crippen LogP contribution in [0.3, 0.4) is 0 Å². The Kier molecular flexibility index (Phi) is 11.0. The Morgan fingerprint density at radius 3 is 3.00 bits per heavy atom. The fraction of sp³-hybridized carbons (Fsp3) is 0.778. The van der Waals surface area contributed by atoms with E-state index in [-0.39, 0.29) is 30.1 Å². The Bertz CT molecular complexity index is 553. The van der Waals surface area contributed by atoms with Crippen LogP contribution in [-0.2, 0) is 11.3 Å². The first-order chi connectivity index (χ1) is 12.1. The van der Waals surface area contributed by atoms with Crippen molar-refractivity contribution in [3.63, 3.8) is 0 Å². The predicted octanol–water partition coefficient (Wildman–Crippen LogP) is 3.21. The zero-order valence-electron chi connectivity index (χ0n) is 16.7. The summed E-state index contributed by atoms with van der Waals surface area (Å²) in [4.78, 5) is 13.8. The third-order valence-electron chi connectivity index (χ3n) is 4.70. The molecule has 0 aromatic carbocycles. The molecule has 2 atom stereocenters. The van der Waals surface area contributed by atoms with Gasteiger partial charge in [-0.05, 0) is 38.8 Å². The molecule has 1 aliphatic rings. The van der Waals surface area contributed by atoms with Gasteiger partial charge in [-0.2, -0.15) is 0 Å². The Labute approximate surface area is 179 Å². The van der Waals surface area contributed by atoms with Crippen molar-refractivity contribution in [3.8, 4) is 0 Å². The molecule has 26 heavy (non-hydrogen) atoms. The fourth-order valence-corrected chi connectivity index (χ4v) is 4.06. The van der Waals surface area contributed by atoms with Crippen LogP contribution in [0.1, 0.15) is 43.5 Å². The van der Waals surface area contributed by atoms with Gasteiger partial charge in [0.2, 0.25) is 0 Å². The van der Waals surface area contributed by atoms with Crippen molar-refractivity contribution in [1.82, 2.24) is 20.1 Å². The number of ether oxygens (including phenoxy) is 1. The third-order valence-corrected chi connectivity index (χ3v) is 5.76. The summed E-state index contributed by atoms with van der Waals surface area (Å²) in [5.74, 6) is 1.65. The summed E-state index contributed by atoms with van der Waals surface area (Å²) in [6.45, 7) is 9.66. The number of hydrogen-bond donors (Lipinski definition) is 1. The molecule has 8 heteroatoms. The number of aliphatic imine (C=N–C) groups is 1. The highest BCUT2D eigenvalue weighted by atomic mass is 127. The molecule has 1 N–H and O–H groups in total. The molecule has 1 saturated heterocycles. The Balaban J connectivity index is 0.00000338. The number of nitrogens with one attached hydrogen (secondary N) is 1. The second-order valence-corrected chi connectivity index (χ2v) is 7.68. The van der Waals surface area contributed by atoms with E-state index in [9.17, 15) is 0 Å². The molecule has 1 fully saturated rings. The van der Waals surface area contributed by atoms with Gasteiger partial charge in [-0.15, -0.1) is 35.3 Å². The largest absolute Gasteiger partial charge is 0.375 e. The average molecular weight is 495 g/mol. The number of rotatable bonds is 8. The van der Waals surface area contributed by atoms with Gasteiger partial charge in [-0.1, -0.05) is 6.92 Å². The maximum Gasteiger partial charge on any atom is 0.193 e. The highest BCUT2D eigenvalue weighted by Crippen LogP contribution is 2.21. The van der Waals surface area contributed by atoms with Gasteiger partial charge in [0, 0.05) is 39.7 Å². The standard InChI is InChI=1S/C18H33N5OS.HI/c1-6-8-23-9-7-15(11-23)10-20-18(19-3)22(4)12-16-13-25-17(21-16)14(2)24-5;/h13-15H,6-12H2,1-5H3,(H,19,20);1H. The lowest BCUT2D eigenvalue weighted by molar-refractivity contribution is 0.119. The van der Waals surface area contributed by atoms with Gasteiger partial charge in [0.05, 0.1) is 12.2 Å². The molecular weight excluding hydrogens is 461 g/mol. The van der Waals surface area contributed by atoms with Crippen molar-refractivity contribution in [3.05, 3.63) is 16.1 Å². The SMILES string of the molecule is CCCN1CCC(CNC(=NC)N(C)Cc2csc(C(C)OC)n2)C1.I. The molecule has 6 nitrogen and oxygen atoms in total. The third kappa shape index (κ3) is 6.94. The number of likely N-dealkylation sites (tertiary alicyclic amines) is 1. The highest BCUT2D eigenvalue weighted by Gasteiger charge is 2.22. The fourth-order valence-electron chi connectivity index (χ4n) is 3.22. The molecule has 0 spiro atoms. The molecule has 2 rings (SSSR count). The average Bonchev–Trinajstić information content (AvgIpc) is 3.25. The van der Waals surface area contributed by atoms with Crippen LogP contribution in [0, 0.1) is 5.92 Å². The lowest BCUT2D eigenvalue weighted by Crippen LogP contribution is -2.41. The Hall–Kier alpha value is -0.450. The van der Waals surface area contributed by atoms with Gasteiger partial charge in [0.1, 0.15) is 11.1 Å². The summed E-state index contributed by atoms with van der Waals surface area (Å²) in [6.07, 6.45) is 2.56. The molecule has 1 aromatic rings. The molecule has 150 valence electrons. The van der Waals surface area contributed by atoms with Gasteiger partial charge < -0.3 is 19.9 Å². The molecule has 0 bridgehead atoms. The van der Waals surface area contributed by atoms with Crippen LogP contribution in [0.15, 0.2) is 10.4 Å². The predicted molar refractivity (Wildman–Crippen MR) is 121 cm³/mol. The lowest BCUT2D eigenvalue weighted by Gasteiger charge is -2.23. The number of hydrogen-bond acceptors (Lipinski definition) is 5. The van der Waals surface area contributed by atoms with E-state index in [0.717, 1.165) is 29.8 Å². The van der Waals surface area contributed by atoms with Gasteiger partial charge >= 0.3 is 0 Å². The molecule has 0 radical (unpaired) electrons. The second kappa shape index (κ2) is 12.1. The van der Waals surface area contributed by atoms with Crippen molar-refractivity contribution < 1.29 is 4.74 Å². The van der Waals surface area contributed by atoms with E-state index in [0.29, 0.717) is 5.92 Å². The highest BCUT2D eigenvalue weighted by molar-refractivity contribution is 14.0. The summed E-state index contributed by atoms with van der Waals surface area (Å²) in [7, 11) is 5.62. The number of thiazole rings is 1. The molecule has 0 aliphatic carbocycles. The Morgan fingerprint density at radius 2 is 2.35 bits per heavy atom. The van der Waals surface area contributed by atoms with E-state index < -0.39 is 0 Å². The number of methoxy groups -OCH3 is 1. The van der Waals surface area contributed by atoms with E-state index in [4.69, 9.17) is 4.74 Å². The normalized spacial score (nSPS) is 19.3. The molecule has 1 aromatic heterocycles. The quantitative estimate of drug-likeness (QED) is 0.341. The molecule has 2 unspecified atom stereocenters. The summed E-state index contributed by atoms with van der Waals surface area (Å²) in [5, 5.41) is 6.66. The topological polar surface area (TPSA) is 53.0 Å². The maximum absolute atomic E-state index is 5.34. The van der Waals surface area contributed by atoms with Crippen molar-refractivity contribution in [2.75, 3.05) is 47.4 Å². The maximum atomic E-state index is 5.34. The summed E-state index contributed by atoms with van der Waals surface area (Å²) in [6, 6.07) is 0. The van der Waals surface area contributed by atoms with Crippen LogP contribution in [-0.4, -0.2) is 68.1 Å². The summed E-state index contributed by atoms with van der Waals surface area (Å²) in [5.41, 5.74) is 1.06. The minimum atomic E-state index is 0. The van der Waals surface area contributed by atoms with E-state index in [1.807, 2.05) is 14.0 Å².